The molecular weight excluding hydrogens is 488 g/mol. The third-order valence-electron chi connectivity index (χ3n) is 6.97. The van der Waals surface area contributed by atoms with Crippen molar-refractivity contribution in [2.45, 2.75) is 31.8 Å². The van der Waals surface area contributed by atoms with Crippen LogP contribution in [0.2, 0.25) is 0 Å². The molecule has 0 radical (unpaired) electrons. The highest BCUT2D eigenvalue weighted by Crippen LogP contribution is 2.47. The number of carbonyl (C=O) groups is 3. The van der Waals surface area contributed by atoms with Crippen LogP contribution in [0.25, 0.3) is 0 Å². The standard InChI is InChI=1S/C28H32N4O6/c1-16-17(15-32(3)31-16)23-24(26(34)29-18-10-6-8-12-21(18)37-4)20(33)14-28(2,36)25(23)27(35)30-19-11-7-9-13-22(19)38-5/h6-13,15,23-25,36H,14H2,1-5H3,(H,29,34)(H,30,35)/t23-,24-,25+,28-/m1/s1. The molecule has 10 heteroatoms. The van der Waals surface area contributed by atoms with Crippen LogP contribution in [0.5, 0.6) is 11.5 Å². The Morgan fingerprint density at radius 1 is 1.00 bits per heavy atom. The molecule has 1 aromatic heterocycles. The molecule has 1 fully saturated rings. The van der Waals surface area contributed by atoms with Crippen LogP contribution in [-0.4, -0.2) is 52.3 Å². The molecule has 1 heterocycles. The van der Waals surface area contributed by atoms with E-state index >= 15 is 0 Å². The zero-order chi connectivity index (χ0) is 27.6. The summed E-state index contributed by atoms with van der Waals surface area (Å²) in [6.07, 6.45) is 1.30. The van der Waals surface area contributed by atoms with Gasteiger partial charge in [0, 0.05) is 25.6 Å². The fraction of sp³-hybridized carbons (Fsp3) is 0.357. The number of hydrogen-bond acceptors (Lipinski definition) is 7. The van der Waals surface area contributed by atoms with Crippen LogP contribution in [0.1, 0.15) is 30.5 Å². The summed E-state index contributed by atoms with van der Waals surface area (Å²) in [6, 6.07) is 13.7. The van der Waals surface area contributed by atoms with Gasteiger partial charge >= 0.3 is 0 Å². The minimum atomic E-state index is -1.74. The number of anilines is 2. The number of benzene rings is 2. The number of Topliss-reactive ketones (excluding diaryl/α,β-unsaturated/α-hetero) is 1. The molecule has 3 aromatic rings. The van der Waals surface area contributed by atoms with Gasteiger partial charge in [0.05, 0.1) is 42.8 Å². The first-order valence-electron chi connectivity index (χ1n) is 12.2. The molecule has 0 bridgehead atoms. The van der Waals surface area contributed by atoms with Gasteiger partial charge in [-0.25, -0.2) is 0 Å². The van der Waals surface area contributed by atoms with Crippen molar-refractivity contribution in [3.05, 3.63) is 66.0 Å². The van der Waals surface area contributed by atoms with Gasteiger partial charge in [0.25, 0.3) is 0 Å². The summed E-state index contributed by atoms with van der Waals surface area (Å²) >= 11 is 0. The van der Waals surface area contributed by atoms with E-state index in [1.165, 1.54) is 21.1 Å². The van der Waals surface area contributed by atoms with Crippen LogP contribution in [-0.2, 0) is 21.4 Å². The van der Waals surface area contributed by atoms with Gasteiger partial charge in [-0.15, -0.1) is 0 Å². The van der Waals surface area contributed by atoms with Gasteiger partial charge in [-0.3, -0.25) is 19.1 Å². The number of carbonyl (C=O) groups excluding carboxylic acids is 3. The zero-order valence-corrected chi connectivity index (χ0v) is 22.0. The molecule has 10 nitrogen and oxygen atoms in total. The Labute approximate surface area is 220 Å². The van der Waals surface area contributed by atoms with Crippen LogP contribution in [0.15, 0.2) is 54.7 Å². The maximum Gasteiger partial charge on any atom is 0.235 e. The highest BCUT2D eigenvalue weighted by Gasteiger charge is 2.56. The Morgan fingerprint density at radius 3 is 2.03 bits per heavy atom. The number of rotatable bonds is 7. The van der Waals surface area contributed by atoms with E-state index in [1.807, 2.05) is 0 Å². The maximum absolute atomic E-state index is 13.9. The molecule has 4 rings (SSSR count). The molecule has 4 atom stereocenters. The van der Waals surface area contributed by atoms with Crippen molar-refractivity contribution in [1.29, 1.82) is 0 Å². The number of aromatic nitrogens is 2. The summed E-state index contributed by atoms with van der Waals surface area (Å²) in [5.74, 6) is -4.18. The van der Waals surface area contributed by atoms with E-state index in [0.717, 1.165) is 0 Å². The van der Waals surface area contributed by atoms with E-state index in [-0.39, 0.29) is 6.42 Å². The number of methoxy groups -OCH3 is 2. The summed E-state index contributed by atoms with van der Waals surface area (Å²) in [6.45, 7) is 3.19. The van der Waals surface area contributed by atoms with Crippen LogP contribution in [0.3, 0.4) is 0 Å². The van der Waals surface area contributed by atoms with Crippen LogP contribution < -0.4 is 20.1 Å². The molecule has 0 saturated heterocycles. The SMILES string of the molecule is COc1ccccc1NC(=O)[C@@H]1C(=O)C[C@@](C)(O)[C@H](C(=O)Nc2ccccc2OC)[C@@H]1c1cn(C)nc1C. The molecule has 200 valence electrons. The molecular formula is C28H32N4O6. The molecule has 2 amide bonds. The van der Waals surface area contributed by atoms with Crippen LogP contribution >= 0.6 is 0 Å². The van der Waals surface area contributed by atoms with Gasteiger partial charge in [0.1, 0.15) is 23.2 Å². The summed E-state index contributed by atoms with van der Waals surface area (Å²) in [7, 11) is 4.68. The number of nitrogens with zero attached hydrogens (tertiary/aromatic N) is 2. The molecule has 3 N–H and O–H groups in total. The van der Waals surface area contributed by atoms with E-state index in [1.54, 1.807) is 73.4 Å². The first-order chi connectivity index (χ1) is 18.1. The minimum Gasteiger partial charge on any atom is -0.495 e. The normalized spacial score (nSPS) is 23.0. The predicted octanol–water partition coefficient (Wildman–Crippen LogP) is 3.06. The monoisotopic (exact) mass is 520 g/mol. The van der Waals surface area contributed by atoms with Crippen molar-refractivity contribution in [1.82, 2.24) is 9.78 Å². The maximum atomic E-state index is 13.9. The Morgan fingerprint density at radius 2 is 1.53 bits per heavy atom. The minimum absolute atomic E-state index is 0.378. The number of ketones is 1. The predicted molar refractivity (Wildman–Crippen MR) is 141 cm³/mol. The van der Waals surface area contributed by atoms with Gasteiger partial charge in [-0.2, -0.15) is 5.10 Å². The van der Waals surface area contributed by atoms with Gasteiger partial charge in [-0.05, 0) is 43.7 Å². The molecule has 1 aliphatic carbocycles. The Kier molecular flexibility index (Phi) is 7.54. The summed E-state index contributed by atoms with van der Waals surface area (Å²) in [4.78, 5) is 41.1. The quantitative estimate of drug-likeness (QED) is 0.408. The Bertz CT molecular complexity index is 1360. The lowest BCUT2D eigenvalue weighted by Crippen LogP contribution is -2.56. The largest absolute Gasteiger partial charge is 0.495 e. The Hall–Kier alpha value is -4.18. The smallest absolute Gasteiger partial charge is 0.235 e. The second-order valence-electron chi connectivity index (χ2n) is 9.70. The van der Waals surface area contributed by atoms with E-state index < -0.39 is 41.0 Å². The summed E-state index contributed by atoms with van der Waals surface area (Å²) in [5, 5.41) is 21.5. The lowest BCUT2D eigenvalue weighted by molar-refractivity contribution is -0.150. The average molecular weight is 521 g/mol. The Balaban J connectivity index is 1.80. The van der Waals surface area contributed by atoms with E-state index in [4.69, 9.17) is 9.47 Å². The van der Waals surface area contributed by atoms with Crippen molar-refractivity contribution < 1.29 is 29.0 Å². The summed E-state index contributed by atoms with van der Waals surface area (Å²) in [5.41, 5.74) is 0.137. The second kappa shape index (κ2) is 10.7. The van der Waals surface area contributed by atoms with Crippen LogP contribution in [0, 0.1) is 18.8 Å². The molecule has 38 heavy (non-hydrogen) atoms. The van der Waals surface area contributed by atoms with E-state index in [9.17, 15) is 19.5 Å². The molecule has 0 aliphatic heterocycles. The molecule has 1 saturated carbocycles. The van der Waals surface area contributed by atoms with Crippen molar-refractivity contribution in [2.75, 3.05) is 24.9 Å². The van der Waals surface area contributed by atoms with Gasteiger partial charge in [-0.1, -0.05) is 24.3 Å². The lowest BCUT2D eigenvalue weighted by atomic mass is 9.61. The van der Waals surface area contributed by atoms with E-state index in [0.29, 0.717) is 34.1 Å². The fourth-order valence-electron chi connectivity index (χ4n) is 5.33. The highest BCUT2D eigenvalue weighted by atomic mass is 16.5. The molecule has 0 spiro atoms. The van der Waals surface area contributed by atoms with Crippen molar-refractivity contribution in [3.63, 3.8) is 0 Å². The number of aryl methyl sites for hydroxylation is 2. The van der Waals surface area contributed by atoms with Crippen LogP contribution in [0.4, 0.5) is 11.4 Å². The molecule has 2 aromatic carbocycles. The number of para-hydroxylation sites is 4. The third-order valence-corrected chi connectivity index (χ3v) is 6.97. The second-order valence-corrected chi connectivity index (χ2v) is 9.70. The van der Waals surface area contributed by atoms with Gasteiger partial charge < -0.3 is 25.2 Å². The molecule has 0 unspecified atom stereocenters. The number of ether oxygens (including phenoxy) is 2. The summed E-state index contributed by atoms with van der Waals surface area (Å²) < 4.78 is 12.3. The number of aliphatic hydroxyl groups is 1. The van der Waals surface area contributed by atoms with E-state index in [2.05, 4.69) is 15.7 Å². The third kappa shape index (κ3) is 5.12. The van der Waals surface area contributed by atoms with Crippen molar-refractivity contribution >= 4 is 29.0 Å². The number of hydrogen-bond donors (Lipinski definition) is 3. The number of nitrogens with one attached hydrogen (secondary N) is 2. The fourth-order valence-corrected chi connectivity index (χ4v) is 5.33. The number of amides is 2. The van der Waals surface area contributed by atoms with Crippen molar-refractivity contribution in [2.24, 2.45) is 18.9 Å². The van der Waals surface area contributed by atoms with Crippen molar-refractivity contribution in [3.8, 4) is 11.5 Å². The van der Waals surface area contributed by atoms with Gasteiger partial charge in [0.15, 0.2) is 0 Å². The zero-order valence-electron chi connectivity index (χ0n) is 22.0. The topological polar surface area (TPSA) is 132 Å². The highest BCUT2D eigenvalue weighted by molar-refractivity contribution is 6.11. The first-order valence-corrected chi connectivity index (χ1v) is 12.2. The average Bonchev–Trinajstić information content (AvgIpc) is 3.20. The molecule has 1 aliphatic rings. The van der Waals surface area contributed by atoms with Gasteiger partial charge in [0.2, 0.25) is 11.8 Å². The first kappa shape index (κ1) is 26.9. The lowest BCUT2D eigenvalue weighted by Gasteiger charge is -2.44.